The highest BCUT2D eigenvalue weighted by Gasteiger charge is 2.20. The number of benzene rings is 1. The molecule has 32 heavy (non-hydrogen) atoms. The number of aryl methyl sites for hydroxylation is 1. The Labute approximate surface area is 188 Å². The molecule has 164 valence electrons. The molecule has 3 rings (SSSR count). The third-order valence-corrected chi connectivity index (χ3v) is 5.24. The van der Waals surface area contributed by atoms with Gasteiger partial charge in [-0.05, 0) is 56.7 Å². The Bertz CT molecular complexity index is 1250. The molecule has 0 spiro atoms. The molecule has 0 unspecified atom stereocenters. The van der Waals surface area contributed by atoms with Crippen LogP contribution in [0.5, 0.6) is 0 Å². The van der Waals surface area contributed by atoms with Crippen LogP contribution in [-0.4, -0.2) is 33.4 Å². The maximum atomic E-state index is 13.1. The second kappa shape index (κ2) is 9.92. The summed E-state index contributed by atoms with van der Waals surface area (Å²) >= 11 is 0. The highest BCUT2D eigenvalue weighted by molar-refractivity contribution is 5.96. The van der Waals surface area contributed by atoms with Crippen molar-refractivity contribution in [2.75, 3.05) is 18.4 Å². The first-order valence-electron chi connectivity index (χ1n) is 10.6. The Kier molecular flexibility index (Phi) is 7.05. The summed E-state index contributed by atoms with van der Waals surface area (Å²) in [6.07, 6.45) is 5.04. The number of carbonyl (C=O) groups is 1. The maximum absolute atomic E-state index is 13.1. The van der Waals surface area contributed by atoms with Crippen LogP contribution in [0.25, 0.3) is 16.7 Å². The van der Waals surface area contributed by atoms with Crippen molar-refractivity contribution in [3.63, 3.8) is 0 Å². The molecule has 0 radical (unpaired) electrons. The van der Waals surface area contributed by atoms with E-state index in [1.165, 1.54) is 6.07 Å². The summed E-state index contributed by atoms with van der Waals surface area (Å²) in [5.74, 6) is 0.352. The molecule has 1 aromatic carbocycles. The van der Waals surface area contributed by atoms with Gasteiger partial charge in [-0.2, -0.15) is 0 Å². The van der Waals surface area contributed by atoms with E-state index in [1.54, 1.807) is 29.2 Å². The Hall–Kier alpha value is -3.93. The number of aromatic nitrogens is 2. The lowest BCUT2D eigenvalue weighted by molar-refractivity contribution is 0.0767. The van der Waals surface area contributed by atoms with Crippen molar-refractivity contribution >= 4 is 22.8 Å². The minimum absolute atomic E-state index is 0.163. The van der Waals surface area contributed by atoms with Crippen LogP contribution < -0.4 is 10.7 Å². The first kappa shape index (κ1) is 22.7. The molecule has 3 aromatic rings. The van der Waals surface area contributed by atoms with Gasteiger partial charge in [-0.1, -0.05) is 37.4 Å². The summed E-state index contributed by atoms with van der Waals surface area (Å²) < 4.78 is 1.85. The highest BCUT2D eigenvalue weighted by atomic mass is 16.2. The molecular formula is C26H28N4O2. The Morgan fingerprint density at radius 2 is 1.84 bits per heavy atom. The van der Waals surface area contributed by atoms with Crippen LogP contribution in [-0.2, 0) is 0 Å². The maximum Gasteiger partial charge on any atom is 0.272 e. The number of carbonyl (C=O) groups excluding carboxylic acids is 1. The van der Waals surface area contributed by atoms with E-state index in [1.807, 2.05) is 55.7 Å². The van der Waals surface area contributed by atoms with E-state index >= 15 is 0 Å². The van der Waals surface area contributed by atoms with Crippen LogP contribution in [0.2, 0.25) is 0 Å². The SMILES string of the molecule is C=C/C=C(\C=C)Nc1cc(=O)c2c(C)cc(C(=O)N(CC)CC)nc2n1-c1ccccc1. The smallest absolute Gasteiger partial charge is 0.272 e. The standard InChI is InChI=1S/C26H28N4O2/c1-6-13-19(7-2)27-23-17-22(31)24-18(5)16-21(26(32)29(8-3)9-4)28-25(24)30(23)20-14-11-10-12-15-20/h6-7,10-17,27H,1-2,8-9H2,3-5H3/b19-13+. The van der Waals surface area contributed by atoms with E-state index in [2.05, 4.69) is 18.5 Å². The fourth-order valence-corrected chi connectivity index (χ4v) is 3.65. The molecule has 0 saturated heterocycles. The molecule has 0 saturated carbocycles. The topological polar surface area (TPSA) is 67.2 Å². The quantitative estimate of drug-likeness (QED) is 0.521. The molecule has 0 aliphatic heterocycles. The van der Waals surface area contributed by atoms with Gasteiger partial charge in [-0.3, -0.25) is 14.2 Å². The molecule has 6 heteroatoms. The molecule has 1 N–H and O–H groups in total. The van der Waals surface area contributed by atoms with Crippen LogP contribution in [0.4, 0.5) is 5.82 Å². The molecule has 0 fully saturated rings. The Balaban J connectivity index is 2.39. The molecule has 0 atom stereocenters. The lowest BCUT2D eigenvalue weighted by Gasteiger charge is -2.21. The third-order valence-electron chi connectivity index (χ3n) is 5.24. The summed E-state index contributed by atoms with van der Waals surface area (Å²) in [5, 5.41) is 3.72. The van der Waals surface area contributed by atoms with Gasteiger partial charge in [-0.25, -0.2) is 4.98 Å². The zero-order chi connectivity index (χ0) is 23.3. The minimum atomic E-state index is -0.177. The largest absolute Gasteiger partial charge is 0.341 e. The summed E-state index contributed by atoms with van der Waals surface area (Å²) in [7, 11) is 0. The summed E-state index contributed by atoms with van der Waals surface area (Å²) in [6.45, 7) is 14.4. The number of amides is 1. The van der Waals surface area contributed by atoms with Gasteiger partial charge in [-0.15, -0.1) is 0 Å². The predicted molar refractivity (Wildman–Crippen MR) is 131 cm³/mol. The summed E-state index contributed by atoms with van der Waals surface area (Å²) in [6, 6.07) is 12.8. The summed E-state index contributed by atoms with van der Waals surface area (Å²) in [5.41, 5.74) is 2.74. The second-order valence-corrected chi connectivity index (χ2v) is 7.25. The van der Waals surface area contributed by atoms with Gasteiger partial charge >= 0.3 is 0 Å². The first-order valence-corrected chi connectivity index (χ1v) is 10.6. The zero-order valence-electron chi connectivity index (χ0n) is 18.8. The van der Waals surface area contributed by atoms with Crippen molar-refractivity contribution in [1.82, 2.24) is 14.5 Å². The fourth-order valence-electron chi connectivity index (χ4n) is 3.65. The molecular weight excluding hydrogens is 400 g/mol. The third kappa shape index (κ3) is 4.39. The van der Waals surface area contributed by atoms with Crippen molar-refractivity contribution < 1.29 is 4.79 Å². The number of fused-ring (bicyclic) bond motifs is 1. The molecule has 6 nitrogen and oxygen atoms in total. The van der Waals surface area contributed by atoms with Crippen molar-refractivity contribution in [1.29, 1.82) is 0 Å². The number of nitrogens with one attached hydrogen (secondary N) is 1. The van der Waals surface area contributed by atoms with Crippen LogP contribution in [0.1, 0.15) is 29.9 Å². The second-order valence-electron chi connectivity index (χ2n) is 7.25. The molecule has 0 bridgehead atoms. The Morgan fingerprint density at radius 1 is 1.16 bits per heavy atom. The van der Waals surface area contributed by atoms with Gasteiger partial charge in [0.2, 0.25) is 0 Å². The lowest BCUT2D eigenvalue weighted by atomic mass is 10.1. The van der Waals surface area contributed by atoms with Crippen LogP contribution in [0, 0.1) is 6.92 Å². The molecule has 0 aliphatic rings. The van der Waals surface area contributed by atoms with Gasteiger partial charge in [0.25, 0.3) is 5.91 Å². The van der Waals surface area contributed by atoms with E-state index in [-0.39, 0.29) is 11.3 Å². The number of pyridine rings is 2. The van der Waals surface area contributed by atoms with E-state index < -0.39 is 0 Å². The van der Waals surface area contributed by atoms with Gasteiger partial charge in [0, 0.05) is 30.5 Å². The van der Waals surface area contributed by atoms with Crippen molar-refractivity contribution in [3.8, 4) is 5.69 Å². The number of anilines is 1. The number of nitrogens with zero attached hydrogens (tertiary/aromatic N) is 3. The Morgan fingerprint density at radius 3 is 2.44 bits per heavy atom. The predicted octanol–water partition coefficient (Wildman–Crippen LogP) is 4.84. The number of para-hydroxylation sites is 1. The monoisotopic (exact) mass is 428 g/mol. The number of rotatable bonds is 8. The average Bonchev–Trinajstić information content (AvgIpc) is 2.79. The van der Waals surface area contributed by atoms with E-state index in [9.17, 15) is 9.59 Å². The summed E-state index contributed by atoms with van der Waals surface area (Å²) in [4.78, 5) is 32.6. The van der Waals surface area contributed by atoms with E-state index in [0.29, 0.717) is 46.9 Å². The van der Waals surface area contributed by atoms with Crippen LogP contribution in [0.15, 0.2) is 84.3 Å². The number of hydrogen-bond acceptors (Lipinski definition) is 4. The van der Waals surface area contributed by atoms with Gasteiger partial charge in [0.1, 0.15) is 11.5 Å². The molecule has 2 aromatic heterocycles. The van der Waals surface area contributed by atoms with Crippen LogP contribution >= 0.6 is 0 Å². The van der Waals surface area contributed by atoms with E-state index in [4.69, 9.17) is 4.98 Å². The molecule has 2 heterocycles. The lowest BCUT2D eigenvalue weighted by Crippen LogP contribution is -2.31. The van der Waals surface area contributed by atoms with Crippen molar-refractivity contribution in [2.24, 2.45) is 0 Å². The zero-order valence-corrected chi connectivity index (χ0v) is 18.8. The minimum Gasteiger partial charge on any atom is -0.341 e. The van der Waals surface area contributed by atoms with Gasteiger partial charge in [0.15, 0.2) is 11.1 Å². The number of allylic oxidation sites excluding steroid dienone is 3. The average molecular weight is 429 g/mol. The van der Waals surface area contributed by atoms with Crippen LogP contribution in [0.3, 0.4) is 0 Å². The van der Waals surface area contributed by atoms with Crippen molar-refractivity contribution in [3.05, 3.63) is 101 Å². The molecule has 1 amide bonds. The highest BCUT2D eigenvalue weighted by Crippen LogP contribution is 2.25. The van der Waals surface area contributed by atoms with Crippen molar-refractivity contribution in [2.45, 2.75) is 20.8 Å². The fraction of sp³-hybridized carbons (Fsp3) is 0.192. The number of hydrogen-bond donors (Lipinski definition) is 1. The first-order chi connectivity index (χ1) is 15.4. The molecule has 0 aliphatic carbocycles. The van der Waals surface area contributed by atoms with Gasteiger partial charge < -0.3 is 10.2 Å². The van der Waals surface area contributed by atoms with E-state index in [0.717, 1.165) is 5.69 Å². The normalized spacial score (nSPS) is 11.3. The van der Waals surface area contributed by atoms with Gasteiger partial charge in [0.05, 0.1) is 5.39 Å².